The van der Waals surface area contributed by atoms with Crippen LogP contribution >= 0.6 is 0 Å². The predicted octanol–water partition coefficient (Wildman–Crippen LogP) is 3.95. The summed E-state index contributed by atoms with van der Waals surface area (Å²) < 4.78 is 15.8. The maximum atomic E-state index is 12.0. The van der Waals surface area contributed by atoms with Crippen LogP contribution in [-0.2, 0) is 4.79 Å². The first-order valence-electron chi connectivity index (χ1n) is 9.31. The third-order valence-electron chi connectivity index (χ3n) is 4.44. The Balaban J connectivity index is 1.48. The Morgan fingerprint density at radius 2 is 1.77 bits per heavy atom. The molecule has 0 saturated heterocycles. The molecule has 154 valence electrons. The van der Waals surface area contributed by atoms with Crippen molar-refractivity contribution in [3.05, 3.63) is 82.8 Å². The first-order valence-corrected chi connectivity index (χ1v) is 9.31. The summed E-state index contributed by atoms with van der Waals surface area (Å²) in [5.74, 6) is 0.272. The van der Waals surface area contributed by atoms with E-state index in [1.807, 2.05) is 32.9 Å². The minimum Gasteiger partial charge on any atom is -0.483 e. The number of benzene rings is 2. The van der Waals surface area contributed by atoms with Gasteiger partial charge in [-0.1, -0.05) is 12.1 Å². The second-order valence-corrected chi connectivity index (χ2v) is 6.67. The summed E-state index contributed by atoms with van der Waals surface area (Å²) in [6, 6.07) is 13.8. The summed E-state index contributed by atoms with van der Waals surface area (Å²) in [7, 11) is 0. The van der Waals surface area contributed by atoms with E-state index in [1.54, 1.807) is 30.3 Å². The summed E-state index contributed by atoms with van der Waals surface area (Å²) in [6.45, 7) is 5.76. The van der Waals surface area contributed by atoms with Crippen molar-refractivity contribution < 1.29 is 23.5 Å². The van der Waals surface area contributed by atoms with Crippen molar-refractivity contribution in [2.75, 3.05) is 6.61 Å². The van der Waals surface area contributed by atoms with Gasteiger partial charge < -0.3 is 13.9 Å². The Labute approximate surface area is 174 Å². The molecule has 1 heterocycles. The normalized spacial score (nSPS) is 10.8. The molecule has 7 nitrogen and oxygen atoms in total. The highest BCUT2D eigenvalue weighted by atomic mass is 16.5. The van der Waals surface area contributed by atoms with Crippen LogP contribution in [0.4, 0.5) is 0 Å². The number of nitrogens with zero attached hydrogens (tertiary/aromatic N) is 1. The molecule has 30 heavy (non-hydrogen) atoms. The van der Waals surface area contributed by atoms with Crippen molar-refractivity contribution in [3.63, 3.8) is 0 Å². The van der Waals surface area contributed by atoms with Crippen LogP contribution in [0.1, 0.15) is 32.8 Å². The molecule has 0 radical (unpaired) electrons. The first-order chi connectivity index (χ1) is 14.4. The van der Waals surface area contributed by atoms with Crippen molar-refractivity contribution in [3.8, 4) is 11.5 Å². The van der Waals surface area contributed by atoms with Gasteiger partial charge >= 0.3 is 5.97 Å². The lowest BCUT2D eigenvalue weighted by molar-refractivity contribution is -0.123. The summed E-state index contributed by atoms with van der Waals surface area (Å²) in [6.07, 6.45) is 2.89. The van der Waals surface area contributed by atoms with Crippen molar-refractivity contribution in [2.24, 2.45) is 5.10 Å². The average Bonchev–Trinajstić information content (AvgIpc) is 3.27. The van der Waals surface area contributed by atoms with E-state index in [4.69, 9.17) is 13.9 Å². The highest BCUT2D eigenvalue weighted by Crippen LogP contribution is 2.25. The molecule has 1 aromatic heterocycles. The van der Waals surface area contributed by atoms with Crippen LogP contribution < -0.4 is 14.9 Å². The lowest BCUT2D eigenvalue weighted by Gasteiger charge is -2.13. The van der Waals surface area contributed by atoms with Crippen LogP contribution in [0.25, 0.3) is 0 Å². The van der Waals surface area contributed by atoms with Crippen LogP contribution in [0, 0.1) is 20.8 Å². The maximum Gasteiger partial charge on any atom is 0.379 e. The van der Waals surface area contributed by atoms with Crippen molar-refractivity contribution >= 4 is 18.1 Å². The monoisotopic (exact) mass is 406 g/mol. The number of aryl methyl sites for hydroxylation is 2. The smallest absolute Gasteiger partial charge is 0.379 e. The molecule has 0 fully saturated rings. The molecule has 3 aromatic rings. The Bertz CT molecular complexity index is 1050. The second kappa shape index (κ2) is 9.56. The Morgan fingerprint density at radius 1 is 1.03 bits per heavy atom. The maximum absolute atomic E-state index is 12.0. The van der Waals surface area contributed by atoms with E-state index in [0.29, 0.717) is 11.5 Å². The van der Waals surface area contributed by atoms with Gasteiger partial charge in [0.2, 0.25) is 5.76 Å². The van der Waals surface area contributed by atoms with Crippen molar-refractivity contribution in [1.29, 1.82) is 0 Å². The van der Waals surface area contributed by atoms with E-state index in [0.717, 1.165) is 22.3 Å². The number of amides is 1. The number of furan rings is 1. The molecule has 7 heteroatoms. The average molecular weight is 406 g/mol. The lowest BCUT2D eigenvalue weighted by atomic mass is 10.1. The molecule has 0 aliphatic rings. The second-order valence-electron chi connectivity index (χ2n) is 6.67. The molecule has 0 bridgehead atoms. The summed E-state index contributed by atoms with van der Waals surface area (Å²) in [5.41, 5.74) is 6.24. The molecule has 0 aliphatic heterocycles. The van der Waals surface area contributed by atoms with Gasteiger partial charge in [-0.3, -0.25) is 4.79 Å². The summed E-state index contributed by atoms with van der Waals surface area (Å²) in [4.78, 5) is 23.8. The summed E-state index contributed by atoms with van der Waals surface area (Å²) >= 11 is 0. The van der Waals surface area contributed by atoms with Gasteiger partial charge in [0.15, 0.2) is 6.61 Å². The molecular formula is C23H22N2O5. The van der Waals surface area contributed by atoms with Crippen LogP contribution in [0.15, 0.2) is 64.3 Å². The van der Waals surface area contributed by atoms with Crippen LogP contribution in [0.5, 0.6) is 11.5 Å². The third kappa shape index (κ3) is 5.35. The molecule has 2 aromatic carbocycles. The zero-order valence-corrected chi connectivity index (χ0v) is 17.0. The molecule has 0 atom stereocenters. The zero-order chi connectivity index (χ0) is 21.5. The Hall–Kier alpha value is -3.87. The van der Waals surface area contributed by atoms with E-state index in [2.05, 4.69) is 10.5 Å². The lowest BCUT2D eigenvalue weighted by Crippen LogP contribution is -2.25. The number of rotatable bonds is 7. The van der Waals surface area contributed by atoms with Crippen molar-refractivity contribution in [1.82, 2.24) is 5.43 Å². The molecule has 1 amide bonds. The van der Waals surface area contributed by atoms with E-state index in [1.165, 1.54) is 18.5 Å². The highest BCUT2D eigenvalue weighted by Gasteiger charge is 2.11. The third-order valence-corrected chi connectivity index (χ3v) is 4.44. The number of esters is 1. The van der Waals surface area contributed by atoms with Crippen LogP contribution in [-0.4, -0.2) is 24.7 Å². The minimum absolute atomic E-state index is 0.127. The molecular weight excluding hydrogens is 384 g/mol. The van der Waals surface area contributed by atoms with Crippen molar-refractivity contribution in [2.45, 2.75) is 20.8 Å². The predicted molar refractivity (Wildman–Crippen MR) is 112 cm³/mol. The van der Waals surface area contributed by atoms with Gasteiger partial charge in [-0.05, 0) is 79.4 Å². The number of carbonyl (C=O) groups excluding carboxylic acids is 2. The molecule has 0 spiro atoms. The fraction of sp³-hybridized carbons (Fsp3) is 0.174. The SMILES string of the molecule is Cc1ccc(C)c(OCC(=O)N/N=C/c2ccc(OC(=O)c3ccco3)cc2)c1C. The quantitative estimate of drug-likeness (QED) is 0.278. The fourth-order valence-corrected chi connectivity index (χ4v) is 2.67. The molecule has 0 unspecified atom stereocenters. The number of hydrogen-bond donors (Lipinski definition) is 1. The van der Waals surface area contributed by atoms with Gasteiger partial charge in [0, 0.05) is 0 Å². The van der Waals surface area contributed by atoms with E-state index in [9.17, 15) is 9.59 Å². The molecule has 3 rings (SSSR count). The number of hydrazone groups is 1. The zero-order valence-electron chi connectivity index (χ0n) is 17.0. The largest absolute Gasteiger partial charge is 0.483 e. The van der Waals surface area contributed by atoms with Crippen LogP contribution in [0.2, 0.25) is 0 Å². The minimum atomic E-state index is -0.576. The topological polar surface area (TPSA) is 90.1 Å². The summed E-state index contributed by atoms with van der Waals surface area (Å²) in [5, 5.41) is 3.92. The van der Waals surface area contributed by atoms with Gasteiger partial charge in [0.05, 0.1) is 12.5 Å². The van der Waals surface area contributed by atoms with Gasteiger partial charge in [0.1, 0.15) is 11.5 Å². The van der Waals surface area contributed by atoms with E-state index >= 15 is 0 Å². The van der Waals surface area contributed by atoms with Gasteiger partial charge in [-0.15, -0.1) is 0 Å². The number of carbonyl (C=O) groups is 2. The van der Waals surface area contributed by atoms with E-state index in [-0.39, 0.29) is 18.3 Å². The Kier molecular flexibility index (Phi) is 6.64. The van der Waals surface area contributed by atoms with E-state index < -0.39 is 5.97 Å². The number of nitrogens with one attached hydrogen (secondary N) is 1. The number of ether oxygens (including phenoxy) is 2. The Morgan fingerprint density at radius 3 is 2.47 bits per heavy atom. The molecule has 0 saturated carbocycles. The van der Waals surface area contributed by atoms with Crippen LogP contribution in [0.3, 0.4) is 0 Å². The van der Waals surface area contributed by atoms with Gasteiger partial charge in [0.25, 0.3) is 5.91 Å². The highest BCUT2D eigenvalue weighted by molar-refractivity contribution is 5.88. The molecule has 1 N–H and O–H groups in total. The van der Waals surface area contributed by atoms with Gasteiger partial charge in [-0.2, -0.15) is 5.10 Å². The standard InChI is InChI=1S/C23H22N2O5/c1-15-6-7-16(2)22(17(15)3)29-14-21(26)25-24-13-18-8-10-19(11-9-18)30-23(27)20-5-4-12-28-20/h4-13H,14H2,1-3H3,(H,25,26)/b24-13+. The molecule has 0 aliphatic carbocycles. The number of hydrogen-bond acceptors (Lipinski definition) is 6. The van der Waals surface area contributed by atoms with Gasteiger partial charge in [-0.25, -0.2) is 10.2 Å². The fourth-order valence-electron chi connectivity index (χ4n) is 2.67. The first kappa shape index (κ1) is 20.9.